The van der Waals surface area contributed by atoms with Gasteiger partial charge in [0.05, 0.1) is 16.8 Å². The van der Waals surface area contributed by atoms with E-state index in [0.717, 1.165) is 5.56 Å². The third-order valence-electron chi connectivity index (χ3n) is 6.33. The first kappa shape index (κ1) is 22.8. The molecule has 0 spiro atoms. The van der Waals surface area contributed by atoms with Gasteiger partial charge in [0.1, 0.15) is 11.5 Å². The fraction of sp³-hybridized carbons (Fsp3) is 0.360. The minimum Gasteiger partial charge on any atom is -0.345 e. The van der Waals surface area contributed by atoms with Crippen LogP contribution in [0, 0.1) is 12.7 Å². The third-order valence-corrected chi connectivity index (χ3v) is 6.33. The molecule has 172 valence electrons. The summed E-state index contributed by atoms with van der Waals surface area (Å²) in [5.74, 6) is -1.58. The van der Waals surface area contributed by atoms with Gasteiger partial charge in [-0.25, -0.2) is 9.37 Å². The number of carbonyl (C=O) groups excluding carboxylic acids is 3. The molecule has 8 heteroatoms. The van der Waals surface area contributed by atoms with E-state index in [-0.39, 0.29) is 29.4 Å². The Kier molecular flexibility index (Phi) is 6.12. The van der Waals surface area contributed by atoms with Gasteiger partial charge >= 0.3 is 0 Å². The van der Waals surface area contributed by atoms with E-state index < -0.39 is 11.6 Å². The number of aromatic amines is 1. The Hall–Kier alpha value is -3.39. The molecular formula is C25H27FN4O3. The van der Waals surface area contributed by atoms with Crippen LogP contribution in [0.4, 0.5) is 4.39 Å². The van der Waals surface area contributed by atoms with Crippen molar-refractivity contribution in [2.45, 2.75) is 46.3 Å². The maximum Gasteiger partial charge on any atom is 0.256 e. The quantitative estimate of drug-likeness (QED) is 0.475. The Morgan fingerprint density at radius 1 is 1.09 bits per heavy atom. The molecule has 3 aromatic rings. The van der Waals surface area contributed by atoms with E-state index in [0.29, 0.717) is 41.9 Å². The van der Waals surface area contributed by atoms with Crippen molar-refractivity contribution in [2.24, 2.45) is 0 Å². The predicted octanol–water partition coefficient (Wildman–Crippen LogP) is 3.52. The second-order valence-corrected chi connectivity index (χ2v) is 8.82. The van der Waals surface area contributed by atoms with Crippen LogP contribution in [-0.2, 0) is 11.3 Å². The zero-order valence-corrected chi connectivity index (χ0v) is 19.2. The number of fused-ring (bicyclic) bond motifs is 1. The van der Waals surface area contributed by atoms with E-state index in [4.69, 9.17) is 0 Å². The number of aromatic nitrogens is 2. The standard InChI is InChI=1S/C25H27FN4O3/c1-14-12-30(15(2)11-29(14)13-18-5-7-19(26)8-6-18)25(33)20-9-21-22(23(32)17(4)31)10-27-24(21)28-16(20)3/h5-10,14-15H,11-13H2,1-4H3,(H,27,28)/t14-,15+/m0/s1. The highest BCUT2D eigenvalue weighted by Crippen LogP contribution is 2.25. The van der Waals surface area contributed by atoms with Crippen molar-refractivity contribution >= 4 is 28.5 Å². The minimum atomic E-state index is -0.610. The molecule has 1 aliphatic heterocycles. The van der Waals surface area contributed by atoms with Crippen LogP contribution in [0.3, 0.4) is 0 Å². The Labute approximate surface area is 191 Å². The molecule has 0 radical (unpaired) electrons. The molecule has 1 aromatic carbocycles. The maximum absolute atomic E-state index is 13.5. The molecule has 0 bridgehead atoms. The summed E-state index contributed by atoms with van der Waals surface area (Å²) >= 11 is 0. The Morgan fingerprint density at radius 3 is 2.45 bits per heavy atom. The molecule has 4 rings (SSSR count). The number of piperazine rings is 1. The topological polar surface area (TPSA) is 86.4 Å². The first-order chi connectivity index (χ1) is 15.7. The van der Waals surface area contributed by atoms with Crippen molar-refractivity contribution in [3.63, 3.8) is 0 Å². The van der Waals surface area contributed by atoms with Crippen molar-refractivity contribution in [3.05, 3.63) is 64.7 Å². The SMILES string of the molecule is CC(=O)C(=O)c1c[nH]c2nc(C)c(C(=O)N3C[C@H](C)N(Cc4ccc(F)cc4)C[C@H]3C)cc12. The zero-order valence-electron chi connectivity index (χ0n) is 19.2. The van der Waals surface area contributed by atoms with E-state index in [2.05, 4.69) is 21.8 Å². The van der Waals surface area contributed by atoms with Crippen molar-refractivity contribution < 1.29 is 18.8 Å². The molecule has 2 aromatic heterocycles. The van der Waals surface area contributed by atoms with Gasteiger partial charge in [-0.15, -0.1) is 0 Å². The van der Waals surface area contributed by atoms with Gasteiger partial charge in [0.2, 0.25) is 5.78 Å². The van der Waals surface area contributed by atoms with Crippen LogP contribution in [0.25, 0.3) is 11.0 Å². The van der Waals surface area contributed by atoms with Gasteiger partial charge in [-0.2, -0.15) is 0 Å². The van der Waals surface area contributed by atoms with Crippen LogP contribution in [-0.4, -0.2) is 62.4 Å². The highest BCUT2D eigenvalue weighted by Gasteiger charge is 2.33. The van der Waals surface area contributed by atoms with E-state index in [1.54, 1.807) is 25.1 Å². The normalized spacial score (nSPS) is 19.1. The van der Waals surface area contributed by atoms with Crippen LogP contribution in [0.1, 0.15) is 52.7 Å². The number of nitrogens with zero attached hydrogens (tertiary/aromatic N) is 3. The smallest absolute Gasteiger partial charge is 0.256 e. The first-order valence-corrected chi connectivity index (χ1v) is 11.0. The zero-order chi connectivity index (χ0) is 23.9. The fourth-order valence-electron chi connectivity index (χ4n) is 4.41. The van der Waals surface area contributed by atoms with Crippen LogP contribution < -0.4 is 0 Å². The summed E-state index contributed by atoms with van der Waals surface area (Å²) in [7, 11) is 0. The molecule has 3 heterocycles. The molecule has 0 saturated carbocycles. The second kappa shape index (κ2) is 8.86. The number of nitrogens with one attached hydrogen (secondary N) is 1. The Bertz CT molecular complexity index is 1230. The summed E-state index contributed by atoms with van der Waals surface area (Å²) in [6, 6.07) is 8.21. The minimum absolute atomic E-state index is 0.0474. The van der Waals surface area contributed by atoms with Gasteiger partial charge in [-0.1, -0.05) is 12.1 Å². The highest BCUT2D eigenvalue weighted by molar-refractivity contribution is 6.45. The monoisotopic (exact) mass is 450 g/mol. The number of pyridine rings is 1. The van der Waals surface area contributed by atoms with Gasteiger partial charge in [-0.3, -0.25) is 19.3 Å². The third kappa shape index (κ3) is 4.43. The number of rotatable bonds is 5. The lowest BCUT2D eigenvalue weighted by Crippen LogP contribution is -2.57. The number of hydrogen-bond acceptors (Lipinski definition) is 5. The van der Waals surface area contributed by atoms with Gasteiger partial charge in [0, 0.05) is 50.2 Å². The molecular weight excluding hydrogens is 423 g/mol. The number of Topliss-reactive ketones (excluding diaryl/α,β-unsaturated/α-hetero) is 2. The van der Waals surface area contributed by atoms with Gasteiger partial charge in [0.25, 0.3) is 5.91 Å². The Balaban J connectivity index is 1.57. The van der Waals surface area contributed by atoms with E-state index >= 15 is 0 Å². The first-order valence-electron chi connectivity index (χ1n) is 11.0. The summed E-state index contributed by atoms with van der Waals surface area (Å²) in [6.45, 7) is 8.95. The molecule has 1 N–H and O–H groups in total. The summed E-state index contributed by atoms with van der Waals surface area (Å²) in [4.78, 5) is 48.9. The van der Waals surface area contributed by atoms with Crippen molar-refractivity contribution in [1.82, 2.24) is 19.8 Å². The van der Waals surface area contributed by atoms with Crippen molar-refractivity contribution in [1.29, 1.82) is 0 Å². The van der Waals surface area contributed by atoms with Gasteiger partial charge in [-0.05, 0) is 44.5 Å². The van der Waals surface area contributed by atoms with Crippen LogP contribution in [0.15, 0.2) is 36.5 Å². The molecule has 1 amide bonds. The highest BCUT2D eigenvalue weighted by atomic mass is 19.1. The van der Waals surface area contributed by atoms with Crippen molar-refractivity contribution in [2.75, 3.05) is 13.1 Å². The van der Waals surface area contributed by atoms with Crippen LogP contribution >= 0.6 is 0 Å². The Morgan fingerprint density at radius 2 is 1.79 bits per heavy atom. The largest absolute Gasteiger partial charge is 0.345 e. The second-order valence-electron chi connectivity index (χ2n) is 8.82. The summed E-state index contributed by atoms with van der Waals surface area (Å²) in [5.41, 5.74) is 2.70. The van der Waals surface area contributed by atoms with Gasteiger partial charge < -0.3 is 9.88 Å². The van der Waals surface area contributed by atoms with Gasteiger partial charge in [0.15, 0.2) is 5.78 Å². The molecule has 1 aliphatic rings. The molecule has 1 fully saturated rings. The average molecular weight is 451 g/mol. The molecule has 33 heavy (non-hydrogen) atoms. The lowest BCUT2D eigenvalue weighted by molar-refractivity contribution is -0.113. The molecule has 2 atom stereocenters. The lowest BCUT2D eigenvalue weighted by atomic mass is 10.0. The number of amides is 1. The maximum atomic E-state index is 13.5. The number of halogens is 1. The number of hydrogen-bond donors (Lipinski definition) is 1. The van der Waals surface area contributed by atoms with Crippen molar-refractivity contribution in [3.8, 4) is 0 Å². The van der Waals surface area contributed by atoms with E-state index in [1.807, 2.05) is 11.8 Å². The predicted molar refractivity (Wildman–Crippen MR) is 123 cm³/mol. The number of aryl methyl sites for hydroxylation is 1. The lowest BCUT2D eigenvalue weighted by Gasteiger charge is -2.44. The van der Waals surface area contributed by atoms with E-state index in [1.165, 1.54) is 25.3 Å². The number of ketones is 2. The molecule has 7 nitrogen and oxygen atoms in total. The number of benzene rings is 1. The summed E-state index contributed by atoms with van der Waals surface area (Å²) in [6.07, 6.45) is 1.47. The molecule has 1 saturated heterocycles. The summed E-state index contributed by atoms with van der Waals surface area (Å²) < 4.78 is 13.2. The fourth-order valence-corrected chi connectivity index (χ4v) is 4.41. The van der Waals surface area contributed by atoms with E-state index in [9.17, 15) is 18.8 Å². The average Bonchev–Trinajstić information content (AvgIpc) is 3.18. The number of H-pyrrole nitrogens is 1. The van der Waals surface area contributed by atoms with Crippen LogP contribution in [0.2, 0.25) is 0 Å². The van der Waals surface area contributed by atoms with Crippen LogP contribution in [0.5, 0.6) is 0 Å². The molecule has 0 aliphatic carbocycles. The molecule has 0 unspecified atom stereocenters. The summed E-state index contributed by atoms with van der Waals surface area (Å²) in [5, 5.41) is 0.472. The number of carbonyl (C=O) groups is 3.